The van der Waals surface area contributed by atoms with Crippen molar-refractivity contribution in [1.82, 2.24) is 0 Å². The van der Waals surface area contributed by atoms with E-state index in [0.717, 1.165) is 23.1 Å². The van der Waals surface area contributed by atoms with Gasteiger partial charge in [0.2, 0.25) is 0 Å². The second kappa shape index (κ2) is 5.83. The van der Waals surface area contributed by atoms with Gasteiger partial charge >= 0.3 is 0 Å². The van der Waals surface area contributed by atoms with Gasteiger partial charge in [-0.2, -0.15) is 0 Å². The number of benzene rings is 2. The minimum absolute atomic E-state index is 0.0396. The topological polar surface area (TPSA) is 17.1 Å². The van der Waals surface area contributed by atoms with Crippen molar-refractivity contribution in [2.45, 2.75) is 27.2 Å². The molecule has 0 amide bonds. The van der Waals surface area contributed by atoms with Gasteiger partial charge in [0.05, 0.1) is 0 Å². The van der Waals surface area contributed by atoms with Gasteiger partial charge in [0.15, 0.2) is 5.78 Å². The van der Waals surface area contributed by atoms with Crippen LogP contribution < -0.4 is 0 Å². The van der Waals surface area contributed by atoms with Crippen LogP contribution in [0.4, 0.5) is 0 Å². The smallest absolute Gasteiger partial charge is 0.165 e. The Morgan fingerprint density at radius 2 is 1.68 bits per heavy atom. The molecule has 0 N–H and O–H groups in total. The lowest BCUT2D eigenvalue weighted by Crippen LogP contribution is -2.07. The van der Waals surface area contributed by atoms with Gasteiger partial charge in [0, 0.05) is 11.5 Å². The first-order chi connectivity index (χ1) is 9.11. The zero-order chi connectivity index (χ0) is 13.8. The van der Waals surface area contributed by atoms with Gasteiger partial charge in [-0.05, 0) is 29.2 Å². The second-order valence-corrected chi connectivity index (χ2v) is 5.15. The zero-order valence-corrected chi connectivity index (χ0v) is 11.8. The number of rotatable bonds is 4. The minimum atomic E-state index is 0.0396. The van der Waals surface area contributed by atoms with E-state index < -0.39 is 0 Å². The number of Topliss-reactive ketones (excluding diaryl/α,β-unsaturated/α-hetero) is 1. The van der Waals surface area contributed by atoms with E-state index >= 15 is 0 Å². The van der Waals surface area contributed by atoms with Gasteiger partial charge in [-0.3, -0.25) is 4.79 Å². The minimum Gasteiger partial charge on any atom is -0.294 e. The summed E-state index contributed by atoms with van der Waals surface area (Å²) in [7, 11) is 0. The Kier molecular flexibility index (Phi) is 4.16. The molecule has 0 heterocycles. The number of ketones is 1. The fourth-order valence-electron chi connectivity index (χ4n) is 2.12. The molecule has 0 spiro atoms. The van der Waals surface area contributed by atoms with Crippen LogP contribution in [0.25, 0.3) is 11.1 Å². The molecular weight excluding hydrogens is 232 g/mol. The summed E-state index contributed by atoms with van der Waals surface area (Å²) < 4.78 is 0. The number of carbonyl (C=O) groups excluding carboxylic acids is 1. The van der Waals surface area contributed by atoms with Crippen molar-refractivity contribution in [3.8, 4) is 11.1 Å². The fraction of sp³-hybridized carbons (Fsp3) is 0.278. The molecule has 19 heavy (non-hydrogen) atoms. The average molecular weight is 252 g/mol. The maximum atomic E-state index is 12.0. The Labute approximate surface area is 115 Å². The SMILES string of the molecule is CCc1ccc(-c2cccc(C(=O)C(C)C)c2)cc1. The Hall–Kier alpha value is -1.89. The molecule has 2 aromatic carbocycles. The van der Waals surface area contributed by atoms with Crippen LogP contribution in [-0.4, -0.2) is 5.78 Å². The molecule has 0 saturated carbocycles. The summed E-state index contributed by atoms with van der Waals surface area (Å²) in [6, 6.07) is 16.4. The molecule has 98 valence electrons. The van der Waals surface area contributed by atoms with Crippen LogP contribution in [0.5, 0.6) is 0 Å². The standard InChI is InChI=1S/C18H20O/c1-4-14-8-10-15(11-9-14)16-6-5-7-17(12-16)18(19)13(2)3/h5-13H,4H2,1-3H3. The number of hydrogen-bond donors (Lipinski definition) is 0. The quantitative estimate of drug-likeness (QED) is 0.717. The monoisotopic (exact) mass is 252 g/mol. The summed E-state index contributed by atoms with van der Waals surface area (Å²) in [5.41, 5.74) is 4.40. The molecule has 0 aromatic heterocycles. The van der Waals surface area contributed by atoms with Crippen LogP contribution in [0.3, 0.4) is 0 Å². The molecule has 0 aliphatic heterocycles. The molecule has 0 radical (unpaired) electrons. The molecule has 0 atom stereocenters. The van der Waals surface area contributed by atoms with Gasteiger partial charge < -0.3 is 0 Å². The van der Waals surface area contributed by atoms with Crippen LogP contribution in [0.15, 0.2) is 48.5 Å². The van der Waals surface area contributed by atoms with E-state index in [9.17, 15) is 4.79 Å². The highest BCUT2D eigenvalue weighted by Gasteiger charge is 2.10. The van der Waals surface area contributed by atoms with Crippen LogP contribution >= 0.6 is 0 Å². The Morgan fingerprint density at radius 1 is 1.00 bits per heavy atom. The van der Waals surface area contributed by atoms with Crippen molar-refractivity contribution in [1.29, 1.82) is 0 Å². The third kappa shape index (κ3) is 3.11. The first kappa shape index (κ1) is 13.5. The van der Waals surface area contributed by atoms with Gasteiger partial charge in [-0.15, -0.1) is 0 Å². The number of hydrogen-bond acceptors (Lipinski definition) is 1. The highest BCUT2D eigenvalue weighted by molar-refractivity contribution is 5.98. The van der Waals surface area contributed by atoms with E-state index in [4.69, 9.17) is 0 Å². The van der Waals surface area contributed by atoms with E-state index in [-0.39, 0.29) is 11.7 Å². The van der Waals surface area contributed by atoms with Gasteiger partial charge in [-0.25, -0.2) is 0 Å². The molecule has 0 aliphatic rings. The number of carbonyl (C=O) groups is 1. The lowest BCUT2D eigenvalue weighted by molar-refractivity contribution is 0.0939. The maximum Gasteiger partial charge on any atom is 0.165 e. The first-order valence-electron chi connectivity index (χ1n) is 6.85. The zero-order valence-electron chi connectivity index (χ0n) is 11.8. The highest BCUT2D eigenvalue weighted by atomic mass is 16.1. The first-order valence-corrected chi connectivity index (χ1v) is 6.85. The maximum absolute atomic E-state index is 12.0. The molecule has 0 bridgehead atoms. The van der Waals surface area contributed by atoms with E-state index in [1.165, 1.54) is 5.56 Å². The normalized spacial score (nSPS) is 10.7. The van der Waals surface area contributed by atoms with Crippen molar-refractivity contribution < 1.29 is 4.79 Å². The van der Waals surface area contributed by atoms with Gasteiger partial charge in [-0.1, -0.05) is 63.2 Å². The Balaban J connectivity index is 2.34. The van der Waals surface area contributed by atoms with Gasteiger partial charge in [0.1, 0.15) is 0 Å². The summed E-state index contributed by atoms with van der Waals surface area (Å²) in [5.74, 6) is 0.241. The molecule has 1 nitrogen and oxygen atoms in total. The molecule has 2 rings (SSSR count). The van der Waals surface area contributed by atoms with Crippen LogP contribution in [-0.2, 0) is 6.42 Å². The predicted octanol–water partition coefficient (Wildman–Crippen LogP) is 4.75. The molecule has 0 unspecified atom stereocenters. The third-order valence-corrected chi connectivity index (χ3v) is 3.37. The summed E-state index contributed by atoms with van der Waals surface area (Å²) in [4.78, 5) is 12.0. The van der Waals surface area contributed by atoms with Crippen molar-refractivity contribution >= 4 is 5.78 Å². The van der Waals surface area contributed by atoms with Crippen LogP contribution in [0, 0.1) is 5.92 Å². The molecule has 1 heteroatoms. The highest BCUT2D eigenvalue weighted by Crippen LogP contribution is 2.22. The molecule has 0 saturated heterocycles. The van der Waals surface area contributed by atoms with E-state index in [2.05, 4.69) is 37.3 Å². The van der Waals surface area contributed by atoms with Gasteiger partial charge in [0.25, 0.3) is 0 Å². The van der Waals surface area contributed by atoms with Crippen molar-refractivity contribution in [2.24, 2.45) is 5.92 Å². The van der Waals surface area contributed by atoms with Crippen LogP contribution in [0.2, 0.25) is 0 Å². The van der Waals surface area contributed by atoms with Crippen molar-refractivity contribution in [2.75, 3.05) is 0 Å². The predicted molar refractivity (Wildman–Crippen MR) is 80.4 cm³/mol. The van der Waals surface area contributed by atoms with Crippen molar-refractivity contribution in [3.05, 3.63) is 59.7 Å². The molecule has 0 aliphatic carbocycles. The van der Waals surface area contributed by atoms with Crippen LogP contribution in [0.1, 0.15) is 36.7 Å². The third-order valence-electron chi connectivity index (χ3n) is 3.37. The van der Waals surface area contributed by atoms with E-state index in [0.29, 0.717) is 0 Å². The van der Waals surface area contributed by atoms with E-state index in [1.807, 2.05) is 32.0 Å². The second-order valence-electron chi connectivity index (χ2n) is 5.15. The summed E-state index contributed by atoms with van der Waals surface area (Å²) in [6.07, 6.45) is 1.05. The van der Waals surface area contributed by atoms with E-state index in [1.54, 1.807) is 0 Å². The largest absolute Gasteiger partial charge is 0.294 e. The number of aryl methyl sites for hydroxylation is 1. The molecular formula is C18H20O. The fourth-order valence-corrected chi connectivity index (χ4v) is 2.12. The Bertz CT molecular complexity index is 564. The lowest BCUT2D eigenvalue weighted by atomic mass is 9.96. The summed E-state index contributed by atoms with van der Waals surface area (Å²) >= 11 is 0. The van der Waals surface area contributed by atoms with Crippen molar-refractivity contribution in [3.63, 3.8) is 0 Å². The Morgan fingerprint density at radius 3 is 2.26 bits per heavy atom. The molecule has 2 aromatic rings. The lowest BCUT2D eigenvalue weighted by Gasteiger charge is -2.07. The summed E-state index contributed by atoms with van der Waals surface area (Å²) in [5, 5.41) is 0. The average Bonchev–Trinajstić information content (AvgIpc) is 2.46. The molecule has 0 fully saturated rings. The summed E-state index contributed by atoms with van der Waals surface area (Å²) in [6.45, 7) is 6.02.